The number of aromatic hydroxyl groups is 1. The van der Waals surface area contributed by atoms with Crippen molar-refractivity contribution in [3.63, 3.8) is 0 Å². The van der Waals surface area contributed by atoms with Crippen molar-refractivity contribution >= 4 is 33.7 Å². The first kappa shape index (κ1) is 21.1. The number of hydrogen-bond acceptors (Lipinski definition) is 8. The van der Waals surface area contributed by atoms with Crippen LogP contribution in [0.1, 0.15) is 20.3 Å². The molecule has 10 nitrogen and oxygen atoms in total. The molecule has 1 aromatic carbocycles. The predicted molar refractivity (Wildman–Crippen MR) is 139 cm³/mol. The lowest BCUT2D eigenvalue weighted by Crippen LogP contribution is -2.49. The first-order valence-corrected chi connectivity index (χ1v) is 12.3. The van der Waals surface area contributed by atoms with E-state index in [0.717, 1.165) is 46.6 Å². The summed E-state index contributed by atoms with van der Waals surface area (Å²) in [5, 5.41) is 19.4. The molecule has 2 bridgehead atoms. The monoisotopic (exact) mass is 481 g/mol. The summed E-state index contributed by atoms with van der Waals surface area (Å²) in [6.45, 7) is 6.72. The fourth-order valence-corrected chi connectivity index (χ4v) is 5.76. The number of likely N-dealkylation sites (tertiary alicyclic amines) is 1. The van der Waals surface area contributed by atoms with Gasteiger partial charge in [-0.15, -0.1) is 0 Å². The van der Waals surface area contributed by atoms with E-state index in [4.69, 9.17) is 4.98 Å². The number of anilines is 3. The minimum absolute atomic E-state index is 0.162. The van der Waals surface area contributed by atoms with Crippen LogP contribution in [-0.4, -0.2) is 70.8 Å². The zero-order valence-electron chi connectivity index (χ0n) is 20.1. The Kier molecular flexibility index (Phi) is 4.65. The standard InChI is InChI=1S/C26H27N9O/c1-15(2)33-12-20-8-19(33)13-34(20)23-6-4-18(10-27-23)32-24-25-30-14-31-35(25)22(11-28-24)16-3-5-21-17(7-16)9-29-26(21)36/h3-7,9-11,14-15,19-20,29,36H,8,12-13H2,1-2H3,(H,28,32)/t19-,20-/m0/s1. The van der Waals surface area contributed by atoms with E-state index in [1.165, 1.54) is 12.7 Å². The summed E-state index contributed by atoms with van der Waals surface area (Å²) in [5.41, 5.74) is 3.21. The molecule has 10 heteroatoms. The summed E-state index contributed by atoms with van der Waals surface area (Å²) in [6.07, 6.45) is 8.16. The number of rotatable bonds is 5. The van der Waals surface area contributed by atoms with Crippen LogP contribution in [0.2, 0.25) is 0 Å². The lowest BCUT2D eigenvalue weighted by Gasteiger charge is -2.37. The Bertz CT molecular complexity index is 1570. The fraction of sp³-hybridized carbons (Fsp3) is 0.308. The third-order valence-electron chi connectivity index (χ3n) is 7.52. The molecule has 0 unspecified atom stereocenters. The van der Waals surface area contributed by atoms with E-state index in [9.17, 15) is 5.11 Å². The van der Waals surface area contributed by atoms with Crippen LogP contribution in [0, 0.1) is 0 Å². The van der Waals surface area contributed by atoms with Crippen molar-refractivity contribution in [1.82, 2.24) is 34.4 Å². The van der Waals surface area contributed by atoms with E-state index in [0.29, 0.717) is 29.6 Å². The summed E-state index contributed by atoms with van der Waals surface area (Å²) in [5.74, 6) is 1.80. The van der Waals surface area contributed by atoms with Gasteiger partial charge in [0.25, 0.3) is 0 Å². The molecule has 0 spiro atoms. The molecule has 5 aromatic rings. The SMILES string of the molecule is CC(C)N1C[C@@H]2C[C@H]1CN2c1ccc(Nc2ncc(-c3ccc4c(O)[nH]cc4c3)n3ncnc23)cn1. The molecule has 0 saturated carbocycles. The van der Waals surface area contributed by atoms with E-state index in [1.54, 1.807) is 16.9 Å². The van der Waals surface area contributed by atoms with Crippen LogP contribution in [0.4, 0.5) is 17.3 Å². The summed E-state index contributed by atoms with van der Waals surface area (Å²) in [7, 11) is 0. The first-order chi connectivity index (χ1) is 17.5. The van der Waals surface area contributed by atoms with Gasteiger partial charge in [-0.3, -0.25) is 4.90 Å². The molecule has 182 valence electrons. The van der Waals surface area contributed by atoms with Gasteiger partial charge in [0, 0.05) is 53.7 Å². The van der Waals surface area contributed by atoms with Crippen LogP contribution in [0.15, 0.2) is 55.2 Å². The van der Waals surface area contributed by atoms with Crippen molar-refractivity contribution in [1.29, 1.82) is 0 Å². The van der Waals surface area contributed by atoms with Gasteiger partial charge in [0.2, 0.25) is 0 Å². The number of nitrogens with zero attached hydrogens (tertiary/aromatic N) is 7. The average molecular weight is 482 g/mol. The molecule has 2 aliphatic rings. The molecule has 6 heterocycles. The van der Waals surface area contributed by atoms with Crippen LogP contribution < -0.4 is 10.2 Å². The number of benzene rings is 1. The number of aromatic amines is 1. The van der Waals surface area contributed by atoms with Gasteiger partial charge < -0.3 is 20.3 Å². The van der Waals surface area contributed by atoms with E-state index in [2.05, 4.69) is 55.1 Å². The highest BCUT2D eigenvalue weighted by Crippen LogP contribution is 2.35. The van der Waals surface area contributed by atoms with Crippen LogP contribution in [-0.2, 0) is 0 Å². The Balaban J connectivity index is 1.13. The number of H-pyrrole nitrogens is 1. The van der Waals surface area contributed by atoms with Gasteiger partial charge in [-0.1, -0.05) is 6.07 Å². The largest absolute Gasteiger partial charge is 0.494 e. The Morgan fingerprint density at radius 2 is 1.97 bits per heavy atom. The normalized spacial score (nSPS) is 19.8. The van der Waals surface area contributed by atoms with E-state index in [-0.39, 0.29) is 5.88 Å². The Morgan fingerprint density at radius 3 is 2.75 bits per heavy atom. The summed E-state index contributed by atoms with van der Waals surface area (Å²) in [6, 6.07) is 11.7. The summed E-state index contributed by atoms with van der Waals surface area (Å²) in [4.78, 5) is 21.8. The first-order valence-electron chi connectivity index (χ1n) is 12.3. The third-order valence-corrected chi connectivity index (χ3v) is 7.52. The molecule has 36 heavy (non-hydrogen) atoms. The predicted octanol–water partition coefficient (Wildman–Crippen LogP) is 3.79. The molecule has 2 aliphatic heterocycles. The fourth-order valence-electron chi connectivity index (χ4n) is 5.76. The number of pyridine rings is 1. The van der Waals surface area contributed by atoms with Crippen LogP contribution >= 0.6 is 0 Å². The second-order valence-electron chi connectivity index (χ2n) is 9.94. The van der Waals surface area contributed by atoms with E-state index in [1.807, 2.05) is 30.5 Å². The van der Waals surface area contributed by atoms with Gasteiger partial charge in [-0.05, 0) is 44.5 Å². The minimum Gasteiger partial charge on any atom is -0.494 e. The maximum atomic E-state index is 9.91. The third kappa shape index (κ3) is 3.29. The highest BCUT2D eigenvalue weighted by Gasteiger charge is 2.44. The zero-order chi connectivity index (χ0) is 24.4. The number of aromatic nitrogens is 6. The summed E-state index contributed by atoms with van der Waals surface area (Å²) >= 11 is 0. The average Bonchev–Trinajstić information content (AvgIpc) is 3.68. The Labute approximate surface area is 207 Å². The maximum Gasteiger partial charge on any atom is 0.199 e. The number of piperazine rings is 1. The van der Waals surface area contributed by atoms with Gasteiger partial charge in [0.15, 0.2) is 17.3 Å². The van der Waals surface area contributed by atoms with Gasteiger partial charge in [0.1, 0.15) is 12.1 Å². The molecule has 2 saturated heterocycles. The molecule has 3 N–H and O–H groups in total. The highest BCUT2D eigenvalue weighted by molar-refractivity contribution is 5.91. The topological polar surface area (TPSA) is 110 Å². The van der Waals surface area contributed by atoms with Crippen molar-refractivity contribution < 1.29 is 5.11 Å². The molecule has 2 atom stereocenters. The molecule has 7 rings (SSSR count). The lowest BCUT2D eigenvalue weighted by molar-refractivity contribution is 0.191. The zero-order valence-corrected chi connectivity index (χ0v) is 20.1. The van der Waals surface area contributed by atoms with E-state index >= 15 is 0 Å². The van der Waals surface area contributed by atoms with Crippen molar-refractivity contribution in [2.75, 3.05) is 23.3 Å². The van der Waals surface area contributed by atoms with Gasteiger partial charge in [-0.25, -0.2) is 19.5 Å². The second-order valence-corrected chi connectivity index (χ2v) is 9.94. The molecule has 0 aliphatic carbocycles. The quantitative estimate of drug-likeness (QED) is 0.348. The molecular formula is C26H27N9O. The van der Waals surface area contributed by atoms with Gasteiger partial charge >= 0.3 is 0 Å². The van der Waals surface area contributed by atoms with Crippen molar-refractivity contribution in [3.8, 4) is 17.1 Å². The van der Waals surface area contributed by atoms with Crippen LogP contribution in [0.3, 0.4) is 0 Å². The summed E-state index contributed by atoms with van der Waals surface area (Å²) < 4.78 is 1.77. The number of hydrogen-bond donors (Lipinski definition) is 3. The van der Waals surface area contributed by atoms with Gasteiger partial charge in [0.05, 0.1) is 23.8 Å². The number of fused-ring (bicyclic) bond motifs is 4. The highest BCUT2D eigenvalue weighted by atomic mass is 16.3. The van der Waals surface area contributed by atoms with Crippen molar-refractivity contribution in [3.05, 3.63) is 55.2 Å². The van der Waals surface area contributed by atoms with Crippen LogP contribution in [0.5, 0.6) is 5.88 Å². The van der Waals surface area contributed by atoms with Crippen LogP contribution in [0.25, 0.3) is 27.7 Å². The Morgan fingerprint density at radius 1 is 1.06 bits per heavy atom. The minimum atomic E-state index is 0.162. The Hall–Kier alpha value is -4.18. The molecule has 0 radical (unpaired) electrons. The molecular weight excluding hydrogens is 454 g/mol. The second kappa shape index (κ2) is 7.92. The van der Waals surface area contributed by atoms with Gasteiger partial charge in [-0.2, -0.15) is 5.10 Å². The van der Waals surface area contributed by atoms with Crippen molar-refractivity contribution in [2.45, 2.75) is 38.4 Å². The smallest absolute Gasteiger partial charge is 0.199 e. The van der Waals surface area contributed by atoms with Crippen molar-refractivity contribution in [2.24, 2.45) is 0 Å². The number of nitrogens with one attached hydrogen (secondary N) is 2. The molecule has 2 fully saturated rings. The maximum absolute atomic E-state index is 9.91. The molecule has 0 amide bonds. The molecule has 4 aromatic heterocycles. The van der Waals surface area contributed by atoms with E-state index < -0.39 is 0 Å². The lowest BCUT2D eigenvalue weighted by atomic mass is 10.1.